The van der Waals surface area contributed by atoms with Crippen LogP contribution in [0.25, 0.3) is 0 Å². The molecule has 0 aliphatic carbocycles. The van der Waals surface area contributed by atoms with Crippen molar-refractivity contribution in [3.63, 3.8) is 0 Å². The predicted molar refractivity (Wildman–Crippen MR) is 98.7 cm³/mol. The van der Waals surface area contributed by atoms with Crippen LogP contribution in [0.5, 0.6) is 0 Å². The second-order valence-corrected chi connectivity index (χ2v) is 11.1. The molecule has 5 heteroatoms. The Morgan fingerprint density at radius 2 is 1.36 bits per heavy atom. The van der Waals surface area contributed by atoms with Gasteiger partial charge in [0.15, 0.2) is 0 Å². The van der Waals surface area contributed by atoms with Gasteiger partial charge in [0.25, 0.3) is 0 Å². The molecule has 0 spiro atoms. The largest absolute Gasteiger partial charge is 0.398 e. The van der Waals surface area contributed by atoms with E-state index in [0.29, 0.717) is 0 Å². The molecule has 0 saturated carbocycles. The van der Waals surface area contributed by atoms with Crippen LogP contribution in [-0.2, 0) is 8.85 Å². The molecule has 0 saturated heterocycles. The first-order chi connectivity index (χ1) is 10.2. The van der Waals surface area contributed by atoms with Crippen LogP contribution in [0.3, 0.4) is 0 Å². The zero-order valence-electron chi connectivity index (χ0n) is 16.4. The Morgan fingerprint density at radius 3 is 1.73 bits per heavy atom. The number of rotatable bonds is 13. The maximum absolute atomic E-state index is 6.01. The van der Waals surface area contributed by atoms with E-state index in [-0.39, 0.29) is 5.41 Å². The summed E-state index contributed by atoms with van der Waals surface area (Å²) in [4.78, 5) is 4.57. The molecule has 0 amide bonds. The minimum atomic E-state index is -2.12. The summed E-state index contributed by atoms with van der Waals surface area (Å²) in [6.45, 7) is 6.74. The number of nitrogens with zero attached hydrogens (tertiary/aromatic N) is 2. The molecule has 134 valence electrons. The van der Waals surface area contributed by atoms with E-state index in [2.05, 4.69) is 51.8 Å². The molecule has 0 aliphatic rings. The van der Waals surface area contributed by atoms with Crippen molar-refractivity contribution in [1.82, 2.24) is 9.80 Å². The maximum atomic E-state index is 6.01. The molecule has 0 radical (unpaired) electrons. The van der Waals surface area contributed by atoms with Gasteiger partial charge >= 0.3 is 8.56 Å². The normalized spacial score (nSPS) is 13.4. The van der Waals surface area contributed by atoms with Gasteiger partial charge in [-0.25, -0.2) is 0 Å². The van der Waals surface area contributed by atoms with Crippen LogP contribution in [0.1, 0.15) is 39.5 Å². The first-order valence-electron chi connectivity index (χ1n) is 8.62. The zero-order chi connectivity index (χ0) is 17.2. The first-order valence-corrected chi connectivity index (χ1v) is 10.9. The standard InChI is InChI=1S/C17H40N2O2Si/c1-9-10-11-12-13-22(20-7,21-8)16-17(2,14-18(3)4)15-19(5)6/h9-16H2,1-8H3. The van der Waals surface area contributed by atoms with E-state index in [1.807, 2.05) is 14.2 Å². The average Bonchev–Trinajstić information content (AvgIpc) is 2.40. The van der Waals surface area contributed by atoms with Gasteiger partial charge in [-0.15, -0.1) is 0 Å². The van der Waals surface area contributed by atoms with Crippen molar-refractivity contribution in [2.45, 2.75) is 51.6 Å². The molecule has 0 rings (SSSR count). The molecule has 0 atom stereocenters. The van der Waals surface area contributed by atoms with E-state index in [1.165, 1.54) is 25.7 Å². The van der Waals surface area contributed by atoms with Crippen molar-refractivity contribution in [2.75, 3.05) is 55.5 Å². The molecule has 0 aromatic rings. The fraction of sp³-hybridized carbons (Fsp3) is 1.00. The summed E-state index contributed by atoms with van der Waals surface area (Å²) in [6.07, 6.45) is 5.09. The minimum Gasteiger partial charge on any atom is -0.398 e. The fourth-order valence-electron chi connectivity index (χ4n) is 3.68. The Morgan fingerprint density at radius 1 is 0.864 bits per heavy atom. The minimum absolute atomic E-state index is 0.190. The van der Waals surface area contributed by atoms with Gasteiger partial charge in [0.2, 0.25) is 0 Å². The SMILES string of the molecule is CCCCCC[Si](CC(C)(CN(C)C)CN(C)C)(OC)OC. The molecule has 0 N–H and O–H groups in total. The smallest absolute Gasteiger partial charge is 0.338 e. The number of hydrogen-bond donors (Lipinski definition) is 0. The summed E-state index contributed by atoms with van der Waals surface area (Å²) in [5, 5.41) is 0. The third-order valence-corrected chi connectivity index (χ3v) is 8.24. The quantitative estimate of drug-likeness (QED) is 0.381. The van der Waals surface area contributed by atoms with E-state index in [1.54, 1.807) is 0 Å². The lowest BCUT2D eigenvalue weighted by Gasteiger charge is -2.40. The molecule has 0 aromatic carbocycles. The summed E-state index contributed by atoms with van der Waals surface area (Å²) < 4.78 is 12.0. The lowest BCUT2D eigenvalue weighted by molar-refractivity contribution is 0.152. The number of unbranched alkanes of at least 4 members (excludes halogenated alkanes) is 3. The Labute approximate surface area is 140 Å². The summed E-state index contributed by atoms with van der Waals surface area (Å²) in [5.74, 6) is 0. The predicted octanol–water partition coefficient (Wildman–Crippen LogP) is 3.43. The Hall–Kier alpha value is 0.0569. The van der Waals surface area contributed by atoms with Crippen molar-refractivity contribution in [3.05, 3.63) is 0 Å². The second-order valence-electron chi connectivity index (χ2n) is 7.59. The molecule has 0 heterocycles. The molecule has 0 fully saturated rings. The first kappa shape index (κ1) is 22.1. The zero-order valence-corrected chi connectivity index (χ0v) is 17.4. The highest BCUT2D eigenvalue weighted by Gasteiger charge is 2.43. The molecule has 0 aromatic heterocycles. The third-order valence-electron chi connectivity index (χ3n) is 4.25. The lowest BCUT2D eigenvalue weighted by atomic mass is 9.92. The average molecular weight is 333 g/mol. The molecule has 4 nitrogen and oxygen atoms in total. The van der Waals surface area contributed by atoms with Crippen LogP contribution in [0.4, 0.5) is 0 Å². The van der Waals surface area contributed by atoms with Gasteiger partial charge in [-0.3, -0.25) is 0 Å². The van der Waals surface area contributed by atoms with Gasteiger partial charge in [-0.2, -0.15) is 0 Å². The van der Waals surface area contributed by atoms with Crippen LogP contribution >= 0.6 is 0 Å². The van der Waals surface area contributed by atoms with Gasteiger partial charge in [-0.05, 0) is 45.7 Å². The van der Waals surface area contributed by atoms with Crippen LogP contribution < -0.4 is 0 Å². The molecular formula is C17H40N2O2Si. The molecule has 0 aliphatic heterocycles. The Balaban J connectivity index is 4.95. The van der Waals surface area contributed by atoms with Crippen LogP contribution in [0.2, 0.25) is 12.1 Å². The summed E-state index contributed by atoms with van der Waals surface area (Å²) >= 11 is 0. The van der Waals surface area contributed by atoms with Crippen LogP contribution in [0.15, 0.2) is 0 Å². The van der Waals surface area contributed by atoms with Gasteiger partial charge in [-0.1, -0.05) is 39.5 Å². The summed E-state index contributed by atoms with van der Waals surface area (Å²) in [6, 6.07) is 2.16. The highest BCUT2D eigenvalue weighted by Crippen LogP contribution is 2.34. The van der Waals surface area contributed by atoms with Crippen molar-refractivity contribution >= 4 is 8.56 Å². The Bertz CT molecular complexity index is 272. The van der Waals surface area contributed by atoms with Crippen LogP contribution in [-0.4, -0.2) is 73.9 Å². The summed E-state index contributed by atoms with van der Waals surface area (Å²) in [5.41, 5.74) is 0.190. The van der Waals surface area contributed by atoms with Gasteiger partial charge in [0.05, 0.1) is 0 Å². The molecule has 0 unspecified atom stereocenters. The van der Waals surface area contributed by atoms with Crippen LogP contribution in [0, 0.1) is 5.41 Å². The maximum Gasteiger partial charge on any atom is 0.338 e. The number of hydrogen-bond acceptors (Lipinski definition) is 4. The van der Waals surface area contributed by atoms with Crippen molar-refractivity contribution in [3.8, 4) is 0 Å². The monoisotopic (exact) mass is 332 g/mol. The van der Waals surface area contributed by atoms with Gasteiger partial charge in [0.1, 0.15) is 0 Å². The molecular weight excluding hydrogens is 292 g/mol. The van der Waals surface area contributed by atoms with Crippen molar-refractivity contribution in [2.24, 2.45) is 5.41 Å². The van der Waals surface area contributed by atoms with Crippen molar-refractivity contribution in [1.29, 1.82) is 0 Å². The van der Waals surface area contributed by atoms with E-state index >= 15 is 0 Å². The molecule has 0 bridgehead atoms. The highest BCUT2D eigenvalue weighted by molar-refractivity contribution is 6.67. The van der Waals surface area contributed by atoms with Gasteiger partial charge in [0, 0.05) is 27.3 Å². The van der Waals surface area contributed by atoms with E-state index in [0.717, 1.165) is 25.2 Å². The highest BCUT2D eigenvalue weighted by atomic mass is 28.4. The van der Waals surface area contributed by atoms with Gasteiger partial charge < -0.3 is 18.7 Å². The second kappa shape index (κ2) is 10.8. The van der Waals surface area contributed by atoms with E-state index in [9.17, 15) is 0 Å². The molecule has 22 heavy (non-hydrogen) atoms. The lowest BCUT2D eigenvalue weighted by Crippen LogP contribution is -2.50. The Kier molecular flexibility index (Phi) is 10.8. The topological polar surface area (TPSA) is 24.9 Å². The van der Waals surface area contributed by atoms with E-state index in [4.69, 9.17) is 8.85 Å². The van der Waals surface area contributed by atoms with E-state index < -0.39 is 8.56 Å². The van der Waals surface area contributed by atoms with Crippen molar-refractivity contribution < 1.29 is 8.85 Å². The fourth-order valence-corrected chi connectivity index (χ4v) is 7.03. The third kappa shape index (κ3) is 8.63. The summed E-state index contributed by atoms with van der Waals surface area (Å²) in [7, 11) is 10.2.